The van der Waals surface area contributed by atoms with Gasteiger partial charge in [-0.25, -0.2) is 4.68 Å². The Balaban J connectivity index is 1.63. The van der Waals surface area contributed by atoms with Gasteiger partial charge in [0.2, 0.25) is 0 Å². The Labute approximate surface area is 176 Å². The summed E-state index contributed by atoms with van der Waals surface area (Å²) >= 11 is 0. The van der Waals surface area contributed by atoms with Crippen LogP contribution in [0.15, 0.2) is 60.8 Å². The zero-order chi connectivity index (χ0) is 21.3. The molecule has 0 fully saturated rings. The molecule has 1 N–H and O–H groups in total. The first kappa shape index (κ1) is 21.2. The third-order valence-corrected chi connectivity index (χ3v) is 4.26. The van der Waals surface area contributed by atoms with Crippen LogP contribution in [-0.4, -0.2) is 35.5 Å². The Morgan fingerprint density at radius 3 is 2.50 bits per heavy atom. The van der Waals surface area contributed by atoms with Gasteiger partial charge in [-0.05, 0) is 51.1 Å². The maximum atomic E-state index is 12.7. The van der Waals surface area contributed by atoms with E-state index in [1.165, 1.54) is 0 Å². The largest absolute Gasteiger partial charge is 0.490 e. The highest BCUT2D eigenvalue weighted by atomic mass is 16.5. The molecule has 30 heavy (non-hydrogen) atoms. The first-order valence-corrected chi connectivity index (χ1v) is 10.0. The summed E-state index contributed by atoms with van der Waals surface area (Å²) in [5.41, 5.74) is 0.475. The number of ether oxygens (including phenoxy) is 3. The second-order valence-electron chi connectivity index (χ2n) is 6.81. The SMILES string of the molecule is CCOc1cc(C(=O)Nc2ccnn2C(C)C)ccc1OCCOc1ccccc1. The number of nitrogens with zero attached hydrogens (tertiary/aromatic N) is 2. The van der Waals surface area contributed by atoms with E-state index in [4.69, 9.17) is 14.2 Å². The number of benzene rings is 2. The zero-order valence-electron chi connectivity index (χ0n) is 17.5. The minimum Gasteiger partial charge on any atom is -0.490 e. The van der Waals surface area contributed by atoms with Crippen LogP contribution in [0.5, 0.6) is 17.2 Å². The highest BCUT2D eigenvalue weighted by Gasteiger charge is 2.14. The molecule has 0 saturated carbocycles. The first-order chi connectivity index (χ1) is 14.6. The molecule has 2 aromatic carbocycles. The van der Waals surface area contributed by atoms with Crippen molar-refractivity contribution in [3.63, 3.8) is 0 Å². The van der Waals surface area contributed by atoms with Crippen molar-refractivity contribution in [2.24, 2.45) is 0 Å². The molecule has 0 spiro atoms. The van der Waals surface area contributed by atoms with Crippen LogP contribution in [0.2, 0.25) is 0 Å². The fourth-order valence-corrected chi connectivity index (χ4v) is 2.88. The molecule has 0 unspecified atom stereocenters. The molecule has 0 bridgehead atoms. The van der Waals surface area contributed by atoms with E-state index in [1.54, 1.807) is 35.1 Å². The molecule has 0 saturated heterocycles. The van der Waals surface area contributed by atoms with Crippen molar-refractivity contribution in [2.45, 2.75) is 26.8 Å². The molecule has 3 rings (SSSR count). The monoisotopic (exact) mass is 409 g/mol. The van der Waals surface area contributed by atoms with Crippen LogP contribution < -0.4 is 19.5 Å². The number of carbonyl (C=O) groups is 1. The number of hydrogen-bond donors (Lipinski definition) is 1. The molecular weight excluding hydrogens is 382 g/mol. The van der Waals surface area contributed by atoms with Gasteiger partial charge in [0.15, 0.2) is 11.5 Å². The number of aromatic nitrogens is 2. The molecule has 158 valence electrons. The number of anilines is 1. The lowest BCUT2D eigenvalue weighted by Gasteiger charge is -2.15. The lowest BCUT2D eigenvalue weighted by atomic mass is 10.2. The van der Waals surface area contributed by atoms with Crippen LogP contribution in [0.4, 0.5) is 5.82 Å². The molecule has 0 aliphatic rings. The maximum Gasteiger partial charge on any atom is 0.256 e. The fraction of sp³-hybridized carbons (Fsp3) is 0.304. The van der Waals surface area contributed by atoms with Crippen molar-refractivity contribution in [3.8, 4) is 17.2 Å². The minimum absolute atomic E-state index is 0.142. The van der Waals surface area contributed by atoms with E-state index in [9.17, 15) is 4.79 Å². The van der Waals surface area contributed by atoms with E-state index >= 15 is 0 Å². The molecule has 1 heterocycles. The number of rotatable bonds is 10. The average molecular weight is 409 g/mol. The summed E-state index contributed by atoms with van der Waals surface area (Å²) in [5, 5.41) is 7.13. The third kappa shape index (κ3) is 5.53. The van der Waals surface area contributed by atoms with Crippen molar-refractivity contribution < 1.29 is 19.0 Å². The molecule has 0 aliphatic carbocycles. The molecule has 0 aliphatic heterocycles. The molecular formula is C23H27N3O4. The number of amides is 1. The van der Waals surface area contributed by atoms with Gasteiger partial charge in [0, 0.05) is 17.7 Å². The van der Waals surface area contributed by atoms with E-state index < -0.39 is 0 Å². The Morgan fingerprint density at radius 1 is 1.00 bits per heavy atom. The van der Waals surface area contributed by atoms with Crippen molar-refractivity contribution in [1.82, 2.24) is 9.78 Å². The summed E-state index contributed by atoms with van der Waals surface area (Å²) in [6.45, 7) is 7.11. The van der Waals surface area contributed by atoms with Gasteiger partial charge in [-0.1, -0.05) is 18.2 Å². The van der Waals surface area contributed by atoms with Gasteiger partial charge < -0.3 is 19.5 Å². The lowest BCUT2D eigenvalue weighted by Crippen LogP contribution is -2.17. The van der Waals surface area contributed by atoms with E-state index in [2.05, 4.69) is 10.4 Å². The minimum atomic E-state index is -0.239. The van der Waals surface area contributed by atoms with Gasteiger partial charge in [0.05, 0.1) is 12.8 Å². The van der Waals surface area contributed by atoms with Crippen LogP contribution >= 0.6 is 0 Å². The van der Waals surface area contributed by atoms with E-state index in [1.807, 2.05) is 51.1 Å². The highest BCUT2D eigenvalue weighted by Crippen LogP contribution is 2.29. The van der Waals surface area contributed by atoms with Crippen LogP contribution in [0, 0.1) is 0 Å². The highest BCUT2D eigenvalue weighted by molar-refractivity contribution is 6.04. The number of nitrogens with one attached hydrogen (secondary N) is 1. The maximum absolute atomic E-state index is 12.7. The van der Waals surface area contributed by atoms with Crippen LogP contribution in [0.3, 0.4) is 0 Å². The van der Waals surface area contributed by atoms with Crippen LogP contribution in [-0.2, 0) is 0 Å². The standard InChI is InChI=1S/C23H27N3O4/c1-4-28-21-16-18(23(27)25-22-12-13-24-26(22)17(2)3)10-11-20(21)30-15-14-29-19-8-6-5-7-9-19/h5-13,16-17H,4,14-15H2,1-3H3,(H,25,27). The molecule has 0 radical (unpaired) electrons. The number of para-hydroxylation sites is 1. The van der Waals surface area contributed by atoms with E-state index in [0.29, 0.717) is 42.7 Å². The van der Waals surface area contributed by atoms with Gasteiger partial charge in [0.1, 0.15) is 24.8 Å². The molecule has 3 aromatic rings. The smallest absolute Gasteiger partial charge is 0.256 e. The molecule has 1 aromatic heterocycles. The topological polar surface area (TPSA) is 74.6 Å². The zero-order valence-corrected chi connectivity index (χ0v) is 17.5. The van der Waals surface area contributed by atoms with Crippen molar-refractivity contribution in [2.75, 3.05) is 25.1 Å². The Morgan fingerprint density at radius 2 is 1.77 bits per heavy atom. The molecule has 7 heteroatoms. The summed E-state index contributed by atoms with van der Waals surface area (Å²) < 4.78 is 18.9. The summed E-state index contributed by atoms with van der Waals surface area (Å²) in [6.07, 6.45) is 1.66. The normalized spacial score (nSPS) is 10.7. The summed E-state index contributed by atoms with van der Waals surface area (Å²) in [4.78, 5) is 12.7. The first-order valence-electron chi connectivity index (χ1n) is 10.0. The third-order valence-electron chi connectivity index (χ3n) is 4.26. The van der Waals surface area contributed by atoms with Gasteiger partial charge >= 0.3 is 0 Å². The van der Waals surface area contributed by atoms with Gasteiger partial charge in [-0.2, -0.15) is 5.10 Å². The summed E-state index contributed by atoms with van der Waals surface area (Å²) in [7, 11) is 0. The van der Waals surface area contributed by atoms with E-state index in [0.717, 1.165) is 5.75 Å². The van der Waals surface area contributed by atoms with E-state index in [-0.39, 0.29) is 11.9 Å². The fourth-order valence-electron chi connectivity index (χ4n) is 2.88. The number of carbonyl (C=O) groups excluding carboxylic acids is 1. The second kappa shape index (κ2) is 10.3. The molecule has 0 atom stereocenters. The van der Waals surface area contributed by atoms with Crippen molar-refractivity contribution in [3.05, 3.63) is 66.4 Å². The van der Waals surface area contributed by atoms with Crippen LogP contribution in [0.25, 0.3) is 0 Å². The lowest BCUT2D eigenvalue weighted by molar-refractivity contribution is 0.102. The van der Waals surface area contributed by atoms with Gasteiger partial charge in [-0.15, -0.1) is 0 Å². The predicted molar refractivity (Wildman–Crippen MR) is 116 cm³/mol. The predicted octanol–water partition coefficient (Wildman–Crippen LogP) is 4.57. The van der Waals surface area contributed by atoms with Gasteiger partial charge in [-0.3, -0.25) is 4.79 Å². The molecule has 7 nitrogen and oxygen atoms in total. The number of hydrogen-bond acceptors (Lipinski definition) is 5. The average Bonchev–Trinajstić information content (AvgIpc) is 3.21. The van der Waals surface area contributed by atoms with Crippen LogP contribution in [0.1, 0.15) is 37.2 Å². The second-order valence-corrected chi connectivity index (χ2v) is 6.81. The Kier molecular flexibility index (Phi) is 7.32. The quantitative estimate of drug-likeness (QED) is 0.497. The molecule has 1 amide bonds. The summed E-state index contributed by atoms with van der Waals surface area (Å²) in [5.74, 6) is 2.28. The summed E-state index contributed by atoms with van der Waals surface area (Å²) in [6, 6.07) is 16.6. The van der Waals surface area contributed by atoms with Crippen molar-refractivity contribution in [1.29, 1.82) is 0 Å². The Hall–Kier alpha value is -3.48. The van der Waals surface area contributed by atoms with Gasteiger partial charge in [0.25, 0.3) is 5.91 Å². The van der Waals surface area contributed by atoms with Crippen molar-refractivity contribution >= 4 is 11.7 Å². The Bertz CT molecular complexity index is 954.